The molecule has 1 N–H and O–H groups in total. The molecular formula is C12H22N2O6S. The number of esters is 1. The molecule has 0 aromatic rings. The maximum Gasteiger partial charge on any atom is 0.322 e. The van der Waals surface area contributed by atoms with Gasteiger partial charge in [-0.25, -0.2) is 0 Å². The van der Waals surface area contributed by atoms with Gasteiger partial charge in [0.2, 0.25) is 0 Å². The number of carboxylic acid groups (broad SMARTS) is 1. The summed E-state index contributed by atoms with van der Waals surface area (Å²) in [4.78, 5) is 22.2. The maximum absolute atomic E-state index is 12.4. The van der Waals surface area contributed by atoms with Crippen molar-refractivity contribution in [1.29, 1.82) is 0 Å². The van der Waals surface area contributed by atoms with Crippen molar-refractivity contribution in [2.75, 3.05) is 27.2 Å². The van der Waals surface area contributed by atoms with E-state index in [1.165, 1.54) is 14.2 Å². The Bertz CT molecular complexity index is 478. The Hall–Kier alpha value is -1.19. The monoisotopic (exact) mass is 322 g/mol. The lowest BCUT2D eigenvalue weighted by molar-refractivity contribution is -0.142. The molecular weight excluding hydrogens is 300 g/mol. The highest BCUT2D eigenvalue weighted by molar-refractivity contribution is 7.86. The Labute approximate surface area is 124 Å². The molecule has 1 fully saturated rings. The van der Waals surface area contributed by atoms with Gasteiger partial charge in [0.05, 0.1) is 7.11 Å². The molecule has 0 saturated carbocycles. The summed E-state index contributed by atoms with van der Waals surface area (Å²) >= 11 is 0. The summed E-state index contributed by atoms with van der Waals surface area (Å²) < 4.78 is 31.5. The Morgan fingerprint density at radius 1 is 1.38 bits per heavy atom. The van der Waals surface area contributed by atoms with Crippen LogP contribution in [0.1, 0.15) is 32.1 Å². The lowest BCUT2D eigenvalue weighted by Gasteiger charge is -2.34. The van der Waals surface area contributed by atoms with E-state index in [-0.39, 0.29) is 19.5 Å². The first-order valence-corrected chi connectivity index (χ1v) is 8.23. The van der Waals surface area contributed by atoms with Crippen molar-refractivity contribution in [3.8, 4) is 0 Å². The summed E-state index contributed by atoms with van der Waals surface area (Å²) in [6.45, 7) is 0.348. The largest absolute Gasteiger partial charge is 0.480 e. The van der Waals surface area contributed by atoms with Gasteiger partial charge in [-0.05, 0) is 25.7 Å². The van der Waals surface area contributed by atoms with Crippen LogP contribution in [0.2, 0.25) is 0 Å². The highest BCUT2D eigenvalue weighted by Gasteiger charge is 2.38. The fourth-order valence-electron chi connectivity index (χ4n) is 2.27. The molecule has 0 radical (unpaired) electrons. The van der Waals surface area contributed by atoms with E-state index in [1.54, 1.807) is 0 Å². The molecule has 1 heterocycles. The number of hydrogen-bond acceptors (Lipinski definition) is 5. The first kappa shape index (κ1) is 17.9. The highest BCUT2D eigenvalue weighted by Crippen LogP contribution is 2.22. The minimum atomic E-state index is -3.83. The second-order valence-corrected chi connectivity index (χ2v) is 6.96. The quantitative estimate of drug-likeness (QED) is 0.664. The Balaban J connectivity index is 2.69. The summed E-state index contributed by atoms with van der Waals surface area (Å²) in [6, 6.07) is -1.01. The van der Waals surface area contributed by atoms with Gasteiger partial charge in [-0.3, -0.25) is 9.59 Å². The molecule has 0 aromatic carbocycles. The van der Waals surface area contributed by atoms with E-state index in [2.05, 4.69) is 4.74 Å². The zero-order chi connectivity index (χ0) is 16.0. The van der Waals surface area contributed by atoms with Crippen molar-refractivity contribution in [2.24, 2.45) is 0 Å². The number of aliphatic carboxylic acids is 1. The van der Waals surface area contributed by atoms with Crippen LogP contribution in [0, 0.1) is 0 Å². The van der Waals surface area contributed by atoms with E-state index in [9.17, 15) is 18.0 Å². The smallest absolute Gasteiger partial charge is 0.322 e. The van der Waals surface area contributed by atoms with Crippen LogP contribution in [0.5, 0.6) is 0 Å². The van der Waals surface area contributed by atoms with Crippen molar-refractivity contribution < 1.29 is 27.9 Å². The number of nitrogens with zero attached hydrogens (tertiary/aromatic N) is 2. The van der Waals surface area contributed by atoms with Crippen LogP contribution in [-0.2, 0) is 24.5 Å². The standard InChI is InChI=1S/C12H22N2O6S/c1-13(8-5-7-11(15)20-2)21(18,19)14-9-4-3-6-10(14)12(16)17/h10H,3-9H2,1-2H3,(H,16,17). The zero-order valence-corrected chi connectivity index (χ0v) is 13.1. The second-order valence-electron chi connectivity index (χ2n) is 4.97. The molecule has 1 saturated heterocycles. The molecule has 0 aliphatic carbocycles. The van der Waals surface area contributed by atoms with Gasteiger partial charge in [0, 0.05) is 26.6 Å². The molecule has 0 spiro atoms. The summed E-state index contributed by atoms with van der Waals surface area (Å²) in [7, 11) is -1.17. The van der Waals surface area contributed by atoms with Crippen LogP contribution in [-0.4, -0.2) is 67.4 Å². The predicted molar refractivity (Wildman–Crippen MR) is 74.8 cm³/mol. The lowest BCUT2D eigenvalue weighted by Crippen LogP contribution is -2.52. The normalized spacial score (nSPS) is 20.4. The average molecular weight is 322 g/mol. The number of methoxy groups -OCH3 is 1. The van der Waals surface area contributed by atoms with Crippen LogP contribution in [0.3, 0.4) is 0 Å². The topological polar surface area (TPSA) is 104 Å². The van der Waals surface area contributed by atoms with E-state index < -0.39 is 28.2 Å². The molecule has 21 heavy (non-hydrogen) atoms. The minimum absolute atomic E-state index is 0.124. The third-order valence-corrected chi connectivity index (χ3v) is 5.51. The zero-order valence-electron chi connectivity index (χ0n) is 12.3. The van der Waals surface area contributed by atoms with Crippen molar-refractivity contribution in [1.82, 2.24) is 8.61 Å². The van der Waals surface area contributed by atoms with Gasteiger partial charge in [0.25, 0.3) is 10.2 Å². The molecule has 0 bridgehead atoms. The molecule has 1 aliphatic rings. The van der Waals surface area contributed by atoms with Crippen LogP contribution < -0.4 is 0 Å². The number of ether oxygens (including phenoxy) is 1. The number of carbonyl (C=O) groups excluding carboxylic acids is 1. The van der Waals surface area contributed by atoms with Gasteiger partial charge in [0.15, 0.2) is 0 Å². The average Bonchev–Trinajstić information content (AvgIpc) is 2.46. The molecule has 1 unspecified atom stereocenters. The summed E-state index contributed by atoms with van der Waals surface area (Å²) in [5, 5.41) is 9.15. The molecule has 9 heteroatoms. The number of carbonyl (C=O) groups is 2. The van der Waals surface area contributed by atoms with E-state index in [4.69, 9.17) is 5.11 Å². The number of hydrogen-bond donors (Lipinski definition) is 1. The van der Waals surface area contributed by atoms with Gasteiger partial charge in [-0.1, -0.05) is 0 Å². The van der Waals surface area contributed by atoms with E-state index >= 15 is 0 Å². The first-order chi connectivity index (χ1) is 9.80. The predicted octanol–water partition coefficient (Wildman–Crippen LogP) is 0.0553. The Morgan fingerprint density at radius 2 is 2.05 bits per heavy atom. The Kier molecular flexibility index (Phi) is 6.56. The van der Waals surface area contributed by atoms with Gasteiger partial charge >= 0.3 is 11.9 Å². The molecule has 1 aliphatic heterocycles. The van der Waals surface area contributed by atoms with Crippen LogP contribution in [0.4, 0.5) is 0 Å². The summed E-state index contributed by atoms with van der Waals surface area (Å²) in [5.41, 5.74) is 0. The number of carboxylic acids is 1. The highest BCUT2D eigenvalue weighted by atomic mass is 32.2. The number of rotatable bonds is 7. The van der Waals surface area contributed by atoms with E-state index in [1.807, 2.05) is 0 Å². The molecule has 0 aromatic heterocycles. The third kappa shape index (κ3) is 4.65. The third-order valence-electron chi connectivity index (χ3n) is 3.51. The van der Waals surface area contributed by atoms with Crippen molar-refractivity contribution >= 4 is 22.1 Å². The van der Waals surface area contributed by atoms with Gasteiger partial charge in [-0.2, -0.15) is 17.0 Å². The van der Waals surface area contributed by atoms with Crippen molar-refractivity contribution in [3.63, 3.8) is 0 Å². The van der Waals surface area contributed by atoms with Crippen LogP contribution in [0.25, 0.3) is 0 Å². The fraction of sp³-hybridized carbons (Fsp3) is 0.833. The van der Waals surface area contributed by atoms with Gasteiger partial charge < -0.3 is 9.84 Å². The molecule has 8 nitrogen and oxygen atoms in total. The number of piperidine rings is 1. The maximum atomic E-state index is 12.4. The van der Waals surface area contributed by atoms with Gasteiger partial charge in [-0.15, -0.1) is 0 Å². The van der Waals surface area contributed by atoms with Crippen LogP contribution in [0.15, 0.2) is 0 Å². The van der Waals surface area contributed by atoms with Crippen LogP contribution >= 0.6 is 0 Å². The SMILES string of the molecule is COC(=O)CCCN(C)S(=O)(=O)N1CCCCC1C(=O)O. The fourth-order valence-corrected chi connectivity index (χ4v) is 3.87. The minimum Gasteiger partial charge on any atom is -0.480 e. The van der Waals surface area contributed by atoms with Crippen molar-refractivity contribution in [3.05, 3.63) is 0 Å². The second kappa shape index (κ2) is 7.71. The molecule has 122 valence electrons. The lowest BCUT2D eigenvalue weighted by atomic mass is 10.1. The molecule has 1 rings (SSSR count). The Morgan fingerprint density at radius 3 is 2.62 bits per heavy atom. The van der Waals surface area contributed by atoms with Crippen molar-refractivity contribution in [2.45, 2.75) is 38.1 Å². The summed E-state index contributed by atoms with van der Waals surface area (Å²) in [6.07, 6.45) is 2.13. The van der Waals surface area contributed by atoms with E-state index in [0.717, 1.165) is 8.61 Å². The summed E-state index contributed by atoms with van der Waals surface area (Å²) in [5.74, 6) is -1.52. The van der Waals surface area contributed by atoms with Gasteiger partial charge in [0.1, 0.15) is 6.04 Å². The van der Waals surface area contributed by atoms with E-state index in [0.29, 0.717) is 25.7 Å². The molecule has 1 atom stereocenters. The first-order valence-electron chi connectivity index (χ1n) is 6.83. The molecule has 0 amide bonds.